The number of ether oxygens (including phenoxy) is 2. The molecule has 0 radical (unpaired) electrons. The molecule has 6 nitrogen and oxygen atoms in total. The number of rotatable bonds is 5. The second-order valence-electron chi connectivity index (χ2n) is 7.30. The van der Waals surface area contributed by atoms with Gasteiger partial charge in [0.05, 0.1) is 6.10 Å². The van der Waals surface area contributed by atoms with Gasteiger partial charge in [-0.2, -0.15) is 0 Å². The Kier molecular flexibility index (Phi) is 5.81. The Bertz CT molecular complexity index is 650. The number of carboxylic acids is 1. The van der Waals surface area contributed by atoms with E-state index in [1.165, 1.54) is 0 Å². The van der Waals surface area contributed by atoms with E-state index in [0.717, 1.165) is 56.5 Å². The number of aliphatic carboxylic acids is 1. The summed E-state index contributed by atoms with van der Waals surface area (Å²) in [5, 5.41) is 8.77. The third kappa shape index (κ3) is 4.18. The van der Waals surface area contributed by atoms with Gasteiger partial charge in [-0.1, -0.05) is 0 Å². The van der Waals surface area contributed by atoms with Crippen LogP contribution in [0.5, 0.6) is 5.75 Å². The number of carboxylic acid groups (broad SMARTS) is 1. The Balaban J connectivity index is 1.63. The molecule has 142 valence electrons. The van der Waals surface area contributed by atoms with Gasteiger partial charge in [-0.15, -0.1) is 0 Å². The largest absolute Gasteiger partial charge is 0.481 e. The van der Waals surface area contributed by atoms with Gasteiger partial charge < -0.3 is 19.5 Å². The minimum Gasteiger partial charge on any atom is -0.481 e. The Hall–Kier alpha value is -2.08. The van der Waals surface area contributed by atoms with Crippen molar-refractivity contribution in [3.05, 3.63) is 28.8 Å². The van der Waals surface area contributed by atoms with Crippen molar-refractivity contribution in [2.75, 3.05) is 26.3 Å². The van der Waals surface area contributed by atoms with Crippen molar-refractivity contribution in [1.82, 2.24) is 4.90 Å². The molecule has 2 aliphatic heterocycles. The zero-order valence-corrected chi connectivity index (χ0v) is 15.5. The molecule has 0 spiro atoms. The van der Waals surface area contributed by atoms with Crippen LogP contribution in [0.2, 0.25) is 0 Å². The highest BCUT2D eigenvalue weighted by Gasteiger charge is 2.31. The average Bonchev–Trinajstić information content (AvgIpc) is 3.15. The molecule has 1 N–H and O–H groups in total. The lowest BCUT2D eigenvalue weighted by Gasteiger charge is -2.34. The van der Waals surface area contributed by atoms with E-state index >= 15 is 0 Å². The van der Waals surface area contributed by atoms with Crippen molar-refractivity contribution in [1.29, 1.82) is 0 Å². The van der Waals surface area contributed by atoms with Crippen molar-refractivity contribution < 1.29 is 24.2 Å². The number of amides is 1. The first-order chi connectivity index (χ1) is 12.5. The maximum Gasteiger partial charge on any atom is 0.341 e. The number of aryl methyl sites for hydroxylation is 2. The standard InChI is InChI=1S/C20H27NO5/c1-13-10-16(11-14(2)19(13)26-12-18(22)23)20(24)21-7-5-15(6-8-21)17-4-3-9-25-17/h10-11,15,17H,3-9,12H2,1-2H3,(H,22,23). The van der Waals surface area contributed by atoms with Crippen molar-refractivity contribution in [2.24, 2.45) is 5.92 Å². The summed E-state index contributed by atoms with van der Waals surface area (Å²) in [5.74, 6) is 0.127. The predicted octanol–water partition coefficient (Wildman–Crippen LogP) is 2.80. The summed E-state index contributed by atoms with van der Waals surface area (Å²) in [5.41, 5.74) is 2.20. The molecular formula is C20H27NO5. The lowest BCUT2D eigenvalue weighted by molar-refractivity contribution is -0.139. The molecule has 1 aromatic rings. The first kappa shape index (κ1) is 18.7. The molecule has 2 fully saturated rings. The molecule has 0 saturated carbocycles. The van der Waals surface area contributed by atoms with Crippen molar-refractivity contribution in [3.63, 3.8) is 0 Å². The summed E-state index contributed by atoms with van der Waals surface area (Å²) in [6.45, 7) is 5.69. The zero-order chi connectivity index (χ0) is 18.7. The maximum atomic E-state index is 12.9. The second-order valence-corrected chi connectivity index (χ2v) is 7.30. The minimum atomic E-state index is -1.02. The molecule has 26 heavy (non-hydrogen) atoms. The van der Waals surface area contributed by atoms with E-state index in [9.17, 15) is 9.59 Å². The SMILES string of the molecule is Cc1cc(C(=O)N2CCC(C3CCCO3)CC2)cc(C)c1OCC(=O)O. The Morgan fingerprint density at radius 2 is 1.85 bits per heavy atom. The summed E-state index contributed by atoms with van der Waals surface area (Å²) in [6, 6.07) is 3.58. The van der Waals surface area contributed by atoms with Gasteiger partial charge >= 0.3 is 5.97 Å². The molecule has 0 aromatic heterocycles. The van der Waals surface area contributed by atoms with Crippen molar-refractivity contribution in [2.45, 2.75) is 45.6 Å². The molecule has 2 heterocycles. The first-order valence-corrected chi connectivity index (χ1v) is 9.32. The molecule has 1 amide bonds. The normalized spacial score (nSPS) is 21.0. The highest BCUT2D eigenvalue weighted by atomic mass is 16.5. The Morgan fingerprint density at radius 1 is 1.19 bits per heavy atom. The van der Waals surface area contributed by atoms with Gasteiger partial charge in [-0.25, -0.2) is 4.79 Å². The van der Waals surface area contributed by atoms with Gasteiger partial charge in [-0.3, -0.25) is 4.79 Å². The van der Waals surface area contributed by atoms with Gasteiger partial charge in [0.25, 0.3) is 5.91 Å². The number of likely N-dealkylation sites (tertiary alicyclic amines) is 1. The molecule has 0 bridgehead atoms. The number of nitrogens with zero attached hydrogens (tertiary/aromatic N) is 1. The van der Waals surface area contributed by atoms with Crippen LogP contribution in [0.3, 0.4) is 0 Å². The van der Waals surface area contributed by atoms with E-state index < -0.39 is 5.97 Å². The topological polar surface area (TPSA) is 76.1 Å². The zero-order valence-electron chi connectivity index (χ0n) is 15.5. The fourth-order valence-electron chi connectivity index (χ4n) is 4.07. The number of benzene rings is 1. The number of carbonyl (C=O) groups is 2. The van der Waals surface area contributed by atoms with Crippen LogP contribution in [0.1, 0.15) is 47.2 Å². The summed E-state index contributed by atoms with van der Waals surface area (Å²) in [7, 11) is 0. The molecule has 2 aliphatic rings. The smallest absolute Gasteiger partial charge is 0.341 e. The quantitative estimate of drug-likeness (QED) is 0.873. The fraction of sp³-hybridized carbons (Fsp3) is 0.600. The summed E-state index contributed by atoms with van der Waals surface area (Å²) >= 11 is 0. The van der Waals surface area contributed by atoms with Gasteiger partial charge in [0.1, 0.15) is 5.75 Å². The van der Waals surface area contributed by atoms with E-state index in [0.29, 0.717) is 23.3 Å². The van der Waals surface area contributed by atoms with Crippen LogP contribution in [0.15, 0.2) is 12.1 Å². The van der Waals surface area contributed by atoms with Crippen LogP contribution in [-0.4, -0.2) is 54.3 Å². The van der Waals surface area contributed by atoms with Crippen molar-refractivity contribution >= 4 is 11.9 Å². The molecular weight excluding hydrogens is 334 g/mol. The number of piperidine rings is 1. The maximum absolute atomic E-state index is 12.9. The first-order valence-electron chi connectivity index (χ1n) is 9.32. The molecule has 2 saturated heterocycles. The van der Waals surface area contributed by atoms with Crippen LogP contribution < -0.4 is 4.74 Å². The average molecular weight is 361 g/mol. The van der Waals surface area contributed by atoms with Crippen LogP contribution in [0.4, 0.5) is 0 Å². The predicted molar refractivity (Wildman–Crippen MR) is 96.6 cm³/mol. The second kappa shape index (κ2) is 8.08. The summed E-state index contributed by atoms with van der Waals surface area (Å²) in [4.78, 5) is 25.5. The van der Waals surface area contributed by atoms with E-state index in [1.807, 2.05) is 18.7 Å². The number of hydrogen-bond acceptors (Lipinski definition) is 4. The molecule has 6 heteroatoms. The van der Waals surface area contributed by atoms with E-state index in [2.05, 4.69) is 0 Å². The lowest BCUT2D eigenvalue weighted by atomic mass is 9.89. The van der Waals surface area contributed by atoms with Gasteiger partial charge in [0.15, 0.2) is 6.61 Å². The van der Waals surface area contributed by atoms with E-state index in [4.69, 9.17) is 14.6 Å². The number of carbonyl (C=O) groups excluding carboxylic acids is 1. The van der Waals surface area contributed by atoms with Gasteiger partial charge in [0, 0.05) is 25.3 Å². The third-order valence-corrected chi connectivity index (χ3v) is 5.36. The molecule has 1 aromatic carbocycles. The summed E-state index contributed by atoms with van der Waals surface area (Å²) in [6.07, 6.45) is 4.66. The Morgan fingerprint density at radius 3 is 2.38 bits per heavy atom. The molecule has 1 unspecified atom stereocenters. The van der Waals surface area contributed by atoms with E-state index in [1.54, 1.807) is 12.1 Å². The van der Waals surface area contributed by atoms with E-state index in [-0.39, 0.29) is 12.5 Å². The summed E-state index contributed by atoms with van der Waals surface area (Å²) < 4.78 is 11.1. The van der Waals surface area contributed by atoms with Gasteiger partial charge in [-0.05, 0) is 68.7 Å². The lowest BCUT2D eigenvalue weighted by Crippen LogP contribution is -2.41. The Labute approximate surface area is 154 Å². The van der Waals surface area contributed by atoms with Crippen LogP contribution in [0.25, 0.3) is 0 Å². The fourth-order valence-corrected chi connectivity index (χ4v) is 4.07. The van der Waals surface area contributed by atoms with Crippen molar-refractivity contribution in [3.8, 4) is 5.75 Å². The monoisotopic (exact) mass is 361 g/mol. The molecule has 3 rings (SSSR count). The molecule has 1 atom stereocenters. The van der Waals surface area contributed by atoms with Crippen LogP contribution in [0, 0.1) is 19.8 Å². The van der Waals surface area contributed by atoms with Gasteiger partial charge in [0.2, 0.25) is 0 Å². The third-order valence-electron chi connectivity index (χ3n) is 5.36. The van der Waals surface area contributed by atoms with Crippen LogP contribution >= 0.6 is 0 Å². The molecule has 0 aliphatic carbocycles. The number of hydrogen-bond donors (Lipinski definition) is 1. The highest BCUT2D eigenvalue weighted by Crippen LogP contribution is 2.30. The van der Waals surface area contributed by atoms with Crippen LogP contribution in [-0.2, 0) is 9.53 Å². The minimum absolute atomic E-state index is 0.0341. The highest BCUT2D eigenvalue weighted by molar-refractivity contribution is 5.95.